The van der Waals surface area contributed by atoms with Crippen LogP contribution in [0.5, 0.6) is 45.3 Å². The van der Waals surface area contributed by atoms with Crippen LogP contribution < -0.4 is 64.5 Å². The molecule has 2 aliphatic heterocycles. The summed E-state index contributed by atoms with van der Waals surface area (Å²) in [6.07, 6.45) is -2.26. The van der Waals surface area contributed by atoms with E-state index in [9.17, 15) is 13.2 Å². The molecule has 5 N–H and O–H groups in total. The molecule has 11 aromatic rings. The fraction of sp³-hybridized carbons (Fsp3) is 0.303. The first-order chi connectivity index (χ1) is 53.0. The average Bonchev–Trinajstić information content (AvgIpc) is 1.04. The molecule has 0 amide bonds. The average molecular weight is 1490 g/mol. The zero-order valence-corrected chi connectivity index (χ0v) is 63.2. The van der Waals surface area contributed by atoms with Gasteiger partial charge in [0.25, 0.3) is 0 Å². The van der Waals surface area contributed by atoms with Gasteiger partial charge in [0, 0.05) is 45.4 Å². The summed E-state index contributed by atoms with van der Waals surface area (Å²) in [5.74, 6) is 4.94. The van der Waals surface area contributed by atoms with Crippen molar-refractivity contribution in [1.82, 2.24) is 26.6 Å². The second-order valence-corrected chi connectivity index (χ2v) is 26.1. The van der Waals surface area contributed by atoms with Gasteiger partial charge in [0.2, 0.25) is 0 Å². The molecule has 7 atom stereocenters. The number of hydrogen-bond acceptors (Lipinski definition) is 16. The molecule has 0 bridgehead atoms. The summed E-state index contributed by atoms with van der Waals surface area (Å²) in [7, 11) is 9.08. The van der Waals surface area contributed by atoms with Gasteiger partial charge >= 0.3 is 6.18 Å². The third-order valence-corrected chi connectivity index (χ3v) is 18.3. The predicted molar refractivity (Wildman–Crippen MR) is 427 cm³/mol. The van der Waals surface area contributed by atoms with Crippen molar-refractivity contribution in [2.45, 2.75) is 75.1 Å². The van der Waals surface area contributed by atoms with Crippen LogP contribution in [0.4, 0.5) is 13.2 Å². The number of morpholine rings is 2. The van der Waals surface area contributed by atoms with E-state index in [1.807, 2.05) is 203 Å². The van der Waals surface area contributed by atoms with Crippen LogP contribution in [0.15, 0.2) is 278 Å². The Bertz CT molecular complexity index is 4220. The molecular weight excluding hydrogens is 1390 g/mol. The first-order valence-corrected chi connectivity index (χ1v) is 37.7. The lowest BCUT2D eigenvalue weighted by Crippen LogP contribution is -2.43. The summed E-state index contributed by atoms with van der Waals surface area (Å²) in [5, 5.41) is 21.7. The van der Waals surface area contributed by atoms with E-state index in [0.29, 0.717) is 25.6 Å². The van der Waals surface area contributed by atoms with E-state index in [2.05, 4.69) is 105 Å². The van der Waals surface area contributed by atoms with Gasteiger partial charge in [0.1, 0.15) is 36.3 Å². The Labute approximate surface area is 639 Å². The third-order valence-electron chi connectivity index (χ3n) is 17.6. The Kier molecular flexibility index (Phi) is 34.7. The molecule has 3 heterocycles. The van der Waals surface area contributed by atoms with Crippen molar-refractivity contribution in [3.63, 3.8) is 0 Å². The summed E-state index contributed by atoms with van der Waals surface area (Å²) >= 11 is 1.64. The number of para-hydroxylation sites is 6. The van der Waals surface area contributed by atoms with Crippen LogP contribution in [0.25, 0.3) is 10.8 Å². The maximum Gasteiger partial charge on any atom is 0.416 e. The van der Waals surface area contributed by atoms with Gasteiger partial charge in [-0.05, 0) is 171 Å². The number of nitrogens with one attached hydrogen (secondary N) is 5. The zero-order chi connectivity index (χ0) is 75.8. The first kappa shape index (κ1) is 82.1. The van der Waals surface area contributed by atoms with Crippen molar-refractivity contribution >= 4 is 22.1 Å². The normalized spacial score (nSPS) is 15.3. The molecule has 19 heteroatoms. The number of alkyl halides is 3. The third kappa shape index (κ3) is 26.5. The monoisotopic (exact) mass is 1490 g/mol. The van der Waals surface area contributed by atoms with Crippen LogP contribution in [0.1, 0.15) is 90.1 Å². The van der Waals surface area contributed by atoms with Gasteiger partial charge in [0.15, 0.2) is 51.8 Å². The number of methoxy groups -OCH3 is 2. The van der Waals surface area contributed by atoms with Crippen molar-refractivity contribution in [3.05, 3.63) is 312 Å². The highest BCUT2D eigenvalue weighted by Gasteiger charge is 2.32. The highest BCUT2D eigenvalue weighted by Crippen LogP contribution is 2.38. The maximum absolute atomic E-state index is 12.6. The van der Waals surface area contributed by atoms with E-state index >= 15 is 0 Å². The van der Waals surface area contributed by atoms with Crippen molar-refractivity contribution in [3.8, 4) is 45.3 Å². The van der Waals surface area contributed by atoms with Gasteiger partial charge in [-0.2, -0.15) is 13.2 Å². The lowest BCUT2D eigenvalue weighted by Gasteiger charge is -2.32. The summed E-state index contributed by atoms with van der Waals surface area (Å²) < 4.78 is 96.8. The molecule has 570 valence electrons. The molecule has 13 rings (SSSR count). The van der Waals surface area contributed by atoms with E-state index in [-0.39, 0.29) is 42.7 Å². The molecule has 0 radical (unpaired) electrons. The number of benzene rings is 10. The quantitative estimate of drug-likeness (QED) is 0.0290. The van der Waals surface area contributed by atoms with Crippen LogP contribution in [-0.4, -0.2) is 113 Å². The molecule has 15 nitrogen and oxygen atoms in total. The van der Waals surface area contributed by atoms with E-state index in [1.165, 1.54) is 34.0 Å². The molecule has 10 aromatic carbocycles. The maximum atomic E-state index is 12.6. The molecule has 2 aliphatic rings. The predicted octanol–water partition coefficient (Wildman–Crippen LogP) is 18.5. The van der Waals surface area contributed by atoms with Crippen LogP contribution in [0.2, 0.25) is 0 Å². The topological polar surface area (TPSA) is 152 Å². The van der Waals surface area contributed by atoms with Crippen molar-refractivity contribution < 1.29 is 60.5 Å². The Morgan fingerprint density at radius 3 is 1.25 bits per heavy atom. The fourth-order valence-corrected chi connectivity index (χ4v) is 12.7. The second-order valence-electron chi connectivity index (χ2n) is 25.2. The Hall–Kier alpha value is -9.93. The highest BCUT2D eigenvalue weighted by atomic mass is 32.1. The fourth-order valence-electron chi connectivity index (χ4n) is 12.1. The number of halogens is 3. The number of rotatable bonds is 30. The SMILES string of the molecule is CCOc1ccccc1OC(c1ccccc1)C1CNCCO1.CNCCC(Oc1ccc(C(F)(F)F)cc1)c1ccccc1.CNCCC(Oc1ccccc1OC)c1ccccc1.CNCCC(Oc1cccs1)c1ccc2ccccc2c1.COc1ccccc1OC(c1ccccc1)C1CNCCO1. The van der Waals surface area contributed by atoms with Crippen molar-refractivity contribution in [2.24, 2.45) is 0 Å². The van der Waals surface area contributed by atoms with E-state index < -0.39 is 11.7 Å². The molecule has 0 spiro atoms. The number of thiophene rings is 1. The van der Waals surface area contributed by atoms with Crippen LogP contribution in [0.3, 0.4) is 0 Å². The minimum atomic E-state index is -4.33. The van der Waals surface area contributed by atoms with Gasteiger partial charge in [-0.3, -0.25) is 0 Å². The smallest absolute Gasteiger partial charge is 0.416 e. The van der Waals surface area contributed by atoms with Crippen LogP contribution in [-0.2, 0) is 15.7 Å². The van der Waals surface area contributed by atoms with Gasteiger partial charge in [-0.25, -0.2) is 0 Å². The second kappa shape index (κ2) is 45.7. The summed E-state index contributed by atoms with van der Waals surface area (Å²) in [6, 6.07) is 87.4. The van der Waals surface area contributed by atoms with Crippen LogP contribution >= 0.6 is 11.3 Å². The van der Waals surface area contributed by atoms with Crippen LogP contribution in [0, 0.1) is 0 Å². The summed E-state index contributed by atoms with van der Waals surface area (Å²) in [5.41, 5.74) is 4.93. The lowest BCUT2D eigenvalue weighted by molar-refractivity contribution is -0.137. The minimum absolute atomic E-state index is 0.0138. The molecular formula is C89H102F3N5O10S. The summed E-state index contributed by atoms with van der Waals surface area (Å²) in [4.78, 5) is 0. The number of hydrogen-bond donors (Lipinski definition) is 5. The molecule has 1 aromatic heterocycles. The van der Waals surface area contributed by atoms with Crippen molar-refractivity contribution in [2.75, 3.05) is 101 Å². The van der Waals surface area contributed by atoms with Crippen molar-refractivity contribution in [1.29, 1.82) is 0 Å². The molecule has 7 unspecified atom stereocenters. The number of ether oxygens (including phenoxy) is 10. The van der Waals surface area contributed by atoms with E-state index in [1.54, 1.807) is 25.6 Å². The molecule has 0 saturated carbocycles. The molecule has 2 saturated heterocycles. The summed E-state index contributed by atoms with van der Waals surface area (Å²) in [6.45, 7) is 9.87. The molecule has 0 aliphatic carbocycles. The first-order valence-electron chi connectivity index (χ1n) is 36.8. The minimum Gasteiger partial charge on any atom is -0.493 e. The standard InChI is InChI=1S/C19H23NO3.C18H21NO3.C18H19NOS.C17H18F3NO.C17H21NO2/c1-2-21-16-10-6-7-11-17(16)23-19(15-8-4-3-5-9-15)18-14-20-12-13-22-18;1-20-15-9-5-6-10-16(15)22-18(14-7-3-2-4-8-14)17-13-19-11-12-21-17;1-19-11-10-17(20-18-7-4-12-21-18)16-9-8-14-5-2-3-6-15(14)13-16;1-21-12-11-16(13-5-3-2-4-6-13)22-15-9-7-14(8-10-15)17(18,19)20;1-18-13-12-15(14-8-4-3-5-9-14)20-17-11-7-6-10-16(17)19-2/h3-11,18-20H,2,12-14H2,1H3;2-10,17-19H,11-13H2,1H3;2-9,12-13,17,19H,10-11H2,1H3;2-10,16,21H,11-12H2,1H3;3-11,15,18H,12-13H2,1-2H3. The van der Waals surface area contributed by atoms with Gasteiger partial charge in [-0.15, -0.1) is 11.3 Å². The van der Waals surface area contributed by atoms with E-state index in [0.717, 1.165) is 133 Å². The zero-order valence-electron chi connectivity index (χ0n) is 62.4. The Morgan fingerprint density at radius 2 is 0.824 bits per heavy atom. The largest absolute Gasteiger partial charge is 0.493 e. The van der Waals surface area contributed by atoms with Gasteiger partial charge in [0.05, 0.1) is 39.6 Å². The Morgan fingerprint density at radius 1 is 0.417 bits per heavy atom. The Balaban J connectivity index is 0.000000156. The molecule has 108 heavy (non-hydrogen) atoms. The number of fused-ring (bicyclic) bond motifs is 1. The van der Waals surface area contributed by atoms with Gasteiger partial charge in [-0.1, -0.05) is 194 Å². The highest BCUT2D eigenvalue weighted by molar-refractivity contribution is 7.11. The van der Waals surface area contributed by atoms with E-state index in [4.69, 9.17) is 47.4 Å². The van der Waals surface area contributed by atoms with Gasteiger partial charge < -0.3 is 74.0 Å². The molecule has 2 fully saturated rings. The lowest BCUT2D eigenvalue weighted by atomic mass is 10.0.